The van der Waals surface area contributed by atoms with E-state index in [9.17, 15) is 0 Å². The molecule has 2 unspecified atom stereocenters. The van der Waals surface area contributed by atoms with Crippen LogP contribution in [0, 0.1) is 5.92 Å². The lowest BCUT2D eigenvalue weighted by atomic mass is 9.91. The smallest absolute Gasteiger partial charge is 0.0415 e. The minimum atomic E-state index is 0.525. The van der Waals surface area contributed by atoms with Crippen molar-refractivity contribution in [3.8, 4) is 0 Å². The second-order valence-electron chi connectivity index (χ2n) is 6.90. The molecule has 2 aliphatic rings. The predicted octanol–water partition coefficient (Wildman–Crippen LogP) is 4.72. The van der Waals surface area contributed by atoms with Gasteiger partial charge in [-0.1, -0.05) is 36.2 Å². The van der Waals surface area contributed by atoms with Crippen LogP contribution in [-0.4, -0.2) is 18.6 Å². The van der Waals surface area contributed by atoms with E-state index in [0.717, 1.165) is 18.5 Å². The summed E-state index contributed by atoms with van der Waals surface area (Å²) in [4.78, 5) is 2.71. The van der Waals surface area contributed by atoms with E-state index in [-0.39, 0.29) is 0 Å². The summed E-state index contributed by atoms with van der Waals surface area (Å²) in [5.41, 5.74) is 2.90. The van der Waals surface area contributed by atoms with Gasteiger partial charge in [0.15, 0.2) is 0 Å². The van der Waals surface area contributed by atoms with Gasteiger partial charge < -0.3 is 10.2 Å². The Morgan fingerprint density at radius 1 is 1.24 bits per heavy atom. The molecule has 1 aliphatic heterocycles. The van der Waals surface area contributed by atoms with Gasteiger partial charge in [-0.3, -0.25) is 0 Å². The first kappa shape index (κ1) is 15.4. The van der Waals surface area contributed by atoms with Crippen molar-refractivity contribution in [2.45, 2.75) is 64.6 Å². The Hall–Kier alpha value is -0.540. The SMILES string of the molecule is CC(C)NCc1cc(Br)ccc1N1CCCC2CCCC21. The van der Waals surface area contributed by atoms with Gasteiger partial charge in [0.05, 0.1) is 0 Å². The summed E-state index contributed by atoms with van der Waals surface area (Å²) in [6.45, 7) is 6.62. The molecule has 1 heterocycles. The molecule has 1 N–H and O–H groups in total. The summed E-state index contributed by atoms with van der Waals surface area (Å²) in [7, 11) is 0. The number of benzene rings is 1. The molecule has 1 aliphatic carbocycles. The van der Waals surface area contributed by atoms with Crippen LogP contribution in [0.2, 0.25) is 0 Å². The Morgan fingerprint density at radius 2 is 2.05 bits per heavy atom. The van der Waals surface area contributed by atoms with Gasteiger partial charge in [-0.05, 0) is 55.4 Å². The molecule has 2 atom stereocenters. The van der Waals surface area contributed by atoms with E-state index in [2.05, 4.69) is 58.2 Å². The van der Waals surface area contributed by atoms with E-state index in [1.54, 1.807) is 0 Å². The highest BCUT2D eigenvalue weighted by Crippen LogP contribution is 2.40. The molecule has 0 bridgehead atoms. The highest BCUT2D eigenvalue weighted by Gasteiger charge is 2.35. The van der Waals surface area contributed by atoms with Gasteiger partial charge in [0, 0.05) is 35.3 Å². The van der Waals surface area contributed by atoms with Crippen LogP contribution in [-0.2, 0) is 6.54 Å². The third kappa shape index (κ3) is 3.45. The van der Waals surface area contributed by atoms with Crippen LogP contribution < -0.4 is 10.2 Å². The monoisotopic (exact) mass is 350 g/mol. The molecule has 0 amide bonds. The van der Waals surface area contributed by atoms with E-state index >= 15 is 0 Å². The second-order valence-corrected chi connectivity index (χ2v) is 7.82. The Labute approximate surface area is 137 Å². The lowest BCUT2D eigenvalue weighted by Crippen LogP contribution is -2.43. The molecule has 3 heteroatoms. The highest BCUT2D eigenvalue weighted by molar-refractivity contribution is 9.10. The molecule has 2 fully saturated rings. The van der Waals surface area contributed by atoms with Gasteiger partial charge in [-0.25, -0.2) is 0 Å². The van der Waals surface area contributed by atoms with Crippen molar-refractivity contribution >= 4 is 21.6 Å². The average Bonchev–Trinajstić information content (AvgIpc) is 2.93. The number of fused-ring (bicyclic) bond motifs is 1. The van der Waals surface area contributed by atoms with Crippen molar-refractivity contribution < 1.29 is 0 Å². The highest BCUT2D eigenvalue weighted by atomic mass is 79.9. The molecular weight excluding hydrogens is 324 g/mol. The van der Waals surface area contributed by atoms with Crippen LogP contribution in [0.25, 0.3) is 0 Å². The molecule has 0 spiro atoms. The number of hydrogen-bond acceptors (Lipinski definition) is 2. The Bertz CT molecular complexity index is 486. The largest absolute Gasteiger partial charge is 0.368 e. The maximum Gasteiger partial charge on any atom is 0.0415 e. The summed E-state index contributed by atoms with van der Waals surface area (Å²) in [6.07, 6.45) is 7.04. The fraction of sp³-hybridized carbons (Fsp3) is 0.667. The van der Waals surface area contributed by atoms with Crippen molar-refractivity contribution in [2.75, 3.05) is 11.4 Å². The first-order chi connectivity index (χ1) is 10.1. The number of hydrogen-bond donors (Lipinski definition) is 1. The minimum absolute atomic E-state index is 0.525. The number of rotatable bonds is 4. The van der Waals surface area contributed by atoms with Gasteiger partial charge in [-0.15, -0.1) is 0 Å². The zero-order valence-corrected chi connectivity index (χ0v) is 14.8. The molecule has 3 rings (SSSR count). The number of nitrogens with one attached hydrogen (secondary N) is 1. The second kappa shape index (κ2) is 6.70. The molecule has 0 radical (unpaired) electrons. The average molecular weight is 351 g/mol. The number of anilines is 1. The Morgan fingerprint density at radius 3 is 2.86 bits per heavy atom. The van der Waals surface area contributed by atoms with Crippen LogP contribution in [0.1, 0.15) is 51.5 Å². The standard InChI is InChI=1S/C18H27BrN2/c1-13(2)20-12-15-11-16(19)8-9-18(15)21-10-4-6-14-5-3-7-17(14)21/h8-9,11,13-14,17,20H,3-7,10,12H2,1-2H3. The minimum Gasteiger partial charge on any atom is -0.368 e. The van der Waals surface area contributed by atoms with Crippen LogP contribution in [0.15, 0.2) is 22.7 Å². The van der Waals surface area contributed by atoms with Crippen molar-refractivity contribution in [3.63, 3.8) is 0 Å². The molecule has 1 saturated heterocycles. The van der Waals surface area contributed by atoms with Gasteiger partial charge in [-0.2, -0.15) is 0 Å². The van der Waals surface area contributed by atoms with Gasteiger partial charge in [0.1, 0.15) is 0 Å². The van der Waals surface area contributed by atoms with Crippen molar-refractivity contribution in [1.82, 2.24) is 5.32 Å². The number of halogens is 1. The first-order valence-electron chi connectivity index (χ1n) is 8.43. The Kier molecular flexibility index (Phi) is 4.90. The van der Waals surface area contributed by atoms with E-state index < -0.39 is 0 Å². The van der Waals surface area contributed by atoms with Crippen molar-refractivity contribution in [2.24, 2.45) is 5.92 Å². The molecule has 21 heavy (non-hydrogen) atoms. The lowest BCUT2D eigenvalue weighted by molar-refractivity contribution is 0.361. The molecule has 1 aromatic rings. The fourth-order valence-electron chi connectivity index (χ4n) is 4.04. The first-order valence-corrected chi connectivity index (χ1v) is 9.23. The normalized spacial score (nSPS) is 25.4. The van der Waals surface area contributed by atoms with E-state index in [1.165, 1.54) is 54.4 Å². The topological polar surface area (TPSA) is 15.3 Å². The third-order valence-corrected chi connectivity index (χ3v) is 5.54. The molecule has 1 aromatic carbocycles. The molecule has 116 valence electrons. The van der Waals surface area contributed by atoms with Crippen LogP contribution >= 0.6 is 15.9 Å². The summed E-state index contributed by atoms with van der Waals surface area (Å²) >= 11 is 3.64. The molecule has 1 saturated carbocycles. The molecule has 0 aromatic heterocycles. The van der Waals surface area contributed by atoms with E-state index in [4.69, 9.17) is 0 Å². The van der Waals surface area contributed by atoms with Gasteiger partial charge in [0.25, 0.3) is 0 Å². The predicted molar refractivity (Wildman–Crippen MR) is 93.8 cm³/mol. The van der Waals surface area contributed by atoms with Crippen molar-refractivity contribution in [3.05, 3.63) is 28.2 Å². The van der Waals surface area contributed by atoms with Crippen molar-refractivity contribution in [1.29, 1.82) is 0 Å². The number of piperidine rings is 1. The summed E-state index contributed by atoms with van der Waals surface area (Å²) in [6, 6.07) is 8.13. The van der Waals surface area contributed by atoms with E-state index in [0.29, 0.717) is 6.04 Å². The summed E-state index contributed by atoms with van der Waals surface area (Å²) < 4.78 is 1.19. The third-order valence-electron chi connectivity index (χ3n) is 5.04. The zero-order valence-electron chi connectivity index (χ0n) is 13.2. The van der Waals surface area contributed by atoms with Gasteiger partial charge in [0.2, 0.25) is 0 Å². The maximum atomic E-state index is 3.64. The maximum absolute atomic E-state index is 3.64. The van der Waals surface area contributed by atoms with E-state index in [1.807, 2.05) is 0 Å². The summed E-state index contributed by atoms with van der Waals surface area (Å²) in [5.74, 6) is 0.938. The Balaban J connectivity index is 1.86. The van der Waals surface area contributed by atoms with Crippen LogP contribution in [0.3, 0.4) is 0 Å². The van der Waals surface area contributed by atoms with Crippen LogP contribution in [0.5, 0.6) is 0 Å². The quantitative estimate of drug-likeness (QED) is 0.845. The molecule has 2 nitrogen and oxygen atoms in total. The lowest BCUT2D eigenvalue weighted by Gasteiger charge is -2.40. The van der Waals surface area contributed by atoms with Crippen LogP contribution in [0.4, 0.5) is 5.69 Å². The van der Waals surface area contributed by atoms with Gasteiger partial charge >= 0.3 is 0 Å². The summed E-state index contributed by atoms with van der Waals surface area (Å²) in [5, 5.41) is 3.58. The fourth-order valence-corrected chi connectivity index (χ4v) is 4.45. The zero-order chi connectivity index (χ0) is 14.8. The molecular formula is C18H27BrN2. The number of nitrogens with zero attached hydrogens (tertiary/aromatic N) is 1.